The number of carboxylic acids is 1. The van der Waals surface area contributed by atoms with Crippen LogP contribution in [0.25, 0.3) is 6.08 Å². The number of hydrogen-bond donors (Lipinski definition) is 2. The van der Waals surface area contributed by atoms with Crippen molar-refractivity contribution < 1.29 is 19.4 Å². The van der Waals surface area contributed by atoms with Crippen LogP contribution in [0, 0.1) is 0 Å². The van der Waals surface area contributed by atoms with Crippen LogP contribution in [0.4, 0.5) is 0 Å². The number of benzene rings is 1. The minimum Gasteiger partial charge on any atom is -0.497 e. The van der Waals surface area contributed by atoms with Crippen LogP contribution in [0.3, 0.4) is 0 Å². The van der Waals surface area contributed by atoms with Crippen molar-refractivity contribution in [2.45, 2.75) is 58.3 Å². The van der Waals surface area contributed by atoms with Gasteiger partial charge in [-0.05, 0) is 30.2 Å². The first-order valence-corrected chi connectivity index (χ1v) is 9.41. The van der Waals surface area contributed by atoms with Gasteiger partial charge in [0.25, 0.3) is 0 Å². The summed E-state index contributed by atoms with van der Waals surface area (Å²) in [6.07, 6.45) is 9.66. The maximum absolute atomic E-state index is 12.0. The van der Waals surface area contributed by atoms with Crippen molar-refractivity contribution in [3.63, 3.8) is 0 Å². The Morgan fingerprint density at radius 2 is 1.65 bits per heavy atom. The molecule has 0 saturated carbocycles. The summed E-state index contributed by atoms with van der Waals surface area (Å²) in [6.45, 7) is 2.80. The molecule has 0 radical (unpaired) electrons. The lowest BCUT2D eigenvalue weighted by molar-refractivity contribution is -0.134. The Hall–Kier alpha value is -2.30. The normalized spacial score (nSPS) is 11.2. The molecule has 144 valence electrons. The first kappa shape index (κ1) is 21.7. The monoisotopic (exact) mass is 361 g/mol. The molecule has 0 atom stereocenters. The number of unbranched alkanes of at least 4 members (excludes halogenated alkanes) is 6. The highest BCUT2D eigenvalue weighted by molar-refractivity contribution is 5.98. The van der Waals surface area contributed by atoms with E-state index < -0.39 is 5.97 Å². The number of nitrogens with one attached hydrogen (secondary N) is 1. The summed E-state index contributed by atoms with van der Waals surface area (Å²) in [7, 11) is 1.57. The van der Waals surface area contributed by atoms with Crippen LogP contribution in [0.5, 0.6) is 5.75 Å². The number of methoxy groups -OCH3 is 1. The maximum atomic E-state index is 12.0. The fourth-order valence-electron chi connectivity index (χ4n) is 2.64. The first-order chi connectivity index (χ1) is 12.6. The summed E-state index contributed by atoms with van der Waals surface area (Å²) in [5.74, 6) is -0.628. The van der Waals surface area contributed by atoms with Crippen LogP contribution in [0.2, 0.25) is 0 Å². The van der Waals surface area contributed by atoms with E-state index in [0.717, 1.165) is 18.4 Å². The van der Waals surface area contributed by atoms with Crippen LogP contribution in [0.15, 0.2) is 29.8 Å². The fourth-order valence-corrected chi connectivity index (χ4v) is 2.64. The van der Waals surface area contributed by atoms with Gasteiger partial charge >= 0.3 is 5.97 Å². The molecule has 0 spiro atoms. The Morgan fingerprint density at radius 1 is 1.04 bits per heavy atom. The van der Waals surface area contributed by atoms with E-state index in [4.69, 9.17) is 4.74 Å². The van der Waals surface area contributed by atoms with Crippen molar-refractivity contribution in [3.05, 3.63) is 35.4 Å². The topological polar surface area (TPSA) is 75.6 Å². The standard InChI is InChI=1S/C21H31NO4/c1-3-4-5-6-7-8-9-14-22-20(23)16-18(21(24)25)15-17-10-12-19(26-2)13-11-17/h10-13,15H,3-9,14,16H2,1-2H3,(H,22,23)(H,24,25). The van der Waals surface area contributed by atoms with E-state index in [1.54, 1.807) is 31.4 Å². The molecule has 5 heteroatoms. The third-order valence-electron chi connectivity index (χ3n) is 4.18. The largest absolute Gasteiger partial charge is 0.497 e. The van der Waals surface area contributed by atoms with Gasteiger partial charge in [0.15, 0.2) is 0 Å². The van der Waals surface area contributed by atoms with Crippen molar-refractivity contribution in [1.82, 2.24) is 5.32 Å². The van der Waals surface area contributed by atoms with Gasteiger partial charge in [-0.15, -0.1) is 0 Å². The molecule has 0 aliphatic heterocycles. The molecule has 2 N–H and O–H groups in total. The van der Waals surface area contributed by atoms with Gasteiger partial charge in [0, 0.05) is 12.1 Å². The molecule has 0 fully saturated rings. The van der Waals surface area contributed by atoms with E-state index >= 15 is 0 Å². The second kappa shape index (κ2) is 13.0. The lowest BCUT2D eigenvalue weighted by Crippen LogP contribution is -2.25. The highest BCUT2D eigenvalue weighted by Crippen LogP contribution is 2.15. The summed E-state index contributed by atoms with van der Waals surface area (Å²) < 4.78 is 5.08. The molecule has 1 amide bonds. The number of carbonyl (C=O) groups excluding carboxylic acids is 1. The molecule has 0 aromatic heterocycles. The molecule has 1 rings (SSSR count). The van der Waals surface area contributed by atoms with Crippen LogP contribution in [-0.4, -0.2) is 30.6 Å². The zero-order valence-corrected chi connectivity index (χ0v) is 15.9. The highest BCUT2D eigenvalue weighted by atomic mass is 16.5. The predicted molar refractivity (Wildman–Crippen MR) is 104 cm³/mol. The molecular formula is C21H31NO4. The number of ether oxygens (including phenoxy) is 1. The third kappa shape index (κ3) is 9.25. The molecule has 0 heterocycles. The first-order valence-electron chi connectivity index (χ1n) is 9.41. The number of rotatable bonds is 13. The van der Waals surface area contributed by atoms with Crippen LogP contribution in [-0.2, 0) is 9.59 Å². The Bertz CT molecular complexity index is 578. The number of hydrogen-bond acceptors (Lipinski definition) is 3. The van der Waals surface area contributed by atoms with Crippen molar-refractivity contribution in [2.24, 2.45) is 0 Å². The molecule has 26 heavy (non-hydrogen) atoms. The van der Waals surface area contributed by atoms with Crippen molar-refractivity contribution in [2.75, 3.05) is 13.7 Å². The van der Waals surface area contributed by atoms with E-state index in [2.05, 4.69) is 12.2 Å². The quantitative estimate of drug-likeness (QED) is 0.403. The van der Waals surface area contributed by atoms with Crippen molar-refractivity contribution in [3.8, 4) is 5.75 Å². The lowest BCUT2D eigenvalue weighted by atomic mass is 10.1. The van der Waals surface area contributed by atoms with Gasteiger partial charge in [0.1, 0.15) is 5.75 Å². The van der Waals surface area contributed by atoms with Gasteiger partial charge in [-0.2, -0.15) is 0 Å². The van der Waals surface area contributed by atoms with Gasteiger partial charge in [-0.3, -0.25) is 4.79 Å². The van der Waals surface area contributed by atoms with E-state index in [0.29, 0.717) is 12.3 Å². The lowest BCUT2D eigenvalue weighted by Gasteiger charge is -2.07. The molecule has 5 nitrogen and oxygen atoms in total. The Balaban J connectivity index is 2.38. The predicted octanol–water partition coefficient (Wildman–Crippen LogP) is 4.42. The minimum atomic E-state index is -1.08. The zero-order valence-electron chi connectivity index (χ0n) is 15.9. The molecule has 0 aliphatic carbocycles. The molecule has 1 aromatic carbocycles. The van der Waals surface area contributed by atoms with Crippen LogP contribution >= 0.6 is 0 Å². The summed E-state index contributed by atoms with van der Waals surface area (Å²) in [5.41, 5.74) is 0.801. The number of aliphatic carboxylic acids is 1. The SMILES string of the molecule is CCCCCCCCCNC(=O)CC(=Cc1ccc(OC)cc1)C(=O)O. The van der Waals surface area contributed by atoms with Gasteiger partial charge < -0.3 is 15.2 Å². The highest BCUT2D eigenvalue weighted by Gasteiger charge is 2.12. The van der Waals surface area contributed by atoms with E-state index in [1.807, 2.05) is 0 Å². The summed E-state index contributed by atoms with van der Waals surface area (Å²) in [5, 5.41) is 12.1. The average molecular weight is 361 g/mol. The second-order valence-corrected chi connectivity index (χ2v) is 6.40. The third-order valence-corrected chi connectivity index (χ3v) is 4.18. The molecule has 0 bridgehead atoms. The summed E-state index contributed by atoms with van der Waals surface area (Å²) in [4.78, 5) is 23.4. The van der Waals surface area contributed by atoms with Gasteiger partial charge in [0.2, 0.25) is 5.91 Å². The van der Waals surface area contributed by atoms with Gasteiger partial charge in [-0.25, -0.2) is 4.79 Å². The van der Waals surface area contributed by atoms with Crippen LogP contribution < -0.4 is 10.1 Å². The summed E-state index contributed by atoms with van der Waals surface area (Å²) in [6, 6.07) is 7.04. The van der Waals surface area contributed by atoms with Gasteiger partial charge in [-0.1, -0.05) is 57.6 Å². The smallest absolute Gasteiger partial charge is 0.332 e. The van der Waals surface area contributed by atoms with E-state index in [1.165, 1.54) is 38.2 Å². The molecule has 1 aromatic rings. The van der Waals surface area contributed by atoms with Crippen molar-refractivity contribution >= 4 is 18.0 Å². The molecule has 0 saturated heterocycles. The average Bonchev–Trinajstić information content (AvgIpc) is 2.64. The molecule has 0 unspecified atom stereocenters. The second-order valence-electron chi connectivity index (χ2n) is 6.40. The zero-order chi connectivity index (χ0) is 19.2. The van der Waals surface area contributed by atoms with Crippen molar-refractivity contribution in [1.29, 1.82) is 0 Å². The van der Waals surface area contributed by atoms with Crippen LogP contribution in [0.1, 0.15) is 63.9 Å². The molecular weight excluding hydrogens is 330 g/mol. The maximum Gasteiger partial charge on any atom is 0.332 e. The Kier molecular flexibility index (Phi) is 10.9. The van der Waals surface area contributed by atoms with E-state index in [-0.39, 0.29) is 17.9 Å². The fraction of sp³-hybridized carbons (Fsp3) is 0.524. The number of amides is 1. The van der Waals surface area contributed by atoms with E-state index in [9.17, 15) is 14.7 Å². The number of carboxylic acid groups (broad SMARTS) is 1. The molecule has 0 aliphatic rings. The minimum absolute atomic E-state index is 0.0761. The Labute approximate surface area is 156 Å². The summed E-state index contributed by atoms with van der Waals surface area (Å²) >= 11 is 0. The van der Waals surface area contributed by atoms with Gasteiger partial charge in [0.05, 0.1) is 13.5 Å². The Morgan fingerprint density at radius 3 is 2.23 bits per heavy atom. The number of carbonyl (C=O) groups is 2.